The molecule has 0 fully saturated rings. The Morgan fingerprint density at radius 1 is 1.32 bits per heavy atom. The number of thiophene rings is 1. The van der Waals surface area contributed by atoms with Gasteiger partial charge in [-0.2, -0.15) is 0 Å². The van der Waals surface area contributed by atoms with E-state index in [9.17, 15) is 14.4 Å². The van der Waals surface area contributed by atoms with Gasteiger partial charge >= 0.3 is 5.63 Å². The van der Waals surface area contributed by atoms with Gasteiger partial charge in [-0.1, -0.05) is 22.9 Å². The summed E-state index contributed by atoms with van der Waals surface area (Å²) in [5.74, 6) is -0.678. The number of hydrogen-bond acceptors (Lipinski definition) is 5. The third kappa shape index (κ3) is 3.38. The number of nitrogens with one attached hydrogen (secondary N) is 1. The Morgan fingerprint density at radius 3 is 2.86 bits per heavy atom. The molecule has 0 bridgehead atoms. The van der Waals surface area contributed by atoms with Crippen molar-refractivity contribution < 1.29 is 14.0 Å². The summed E-state index contributed by atoms with van der Waals surface area (Å²) in [6, 6.07) is 6.65. The minimum atomic E-state index is -0.733. The number of amides is 2. The van der Waals surface area contributed by atoms with Gasteiger partial charge in [-0.15, -0.1) is 11.3 Å². The lowest BCUT2D eigenvalue weighted by Crippen LogP contribution is -2.22. The fourth-order valence-corrected chi connectivity index (χ4v) is 5.31. The number of hydrogen-bond donors (Lipinski definition) is 2. The maximum Gasteiger partial charge on any atom is 0.349 e. The van der Waals surface area contributed by atoms with E-state index in [0.717, 1.165) is 34.2 Å². The highest BCUT2D eigenvalue weighted by molar-refractivity contribution is 9.10. The van der Waals surface area contributed by atoms with E-state index in [4.69, 9.17) is 10.2 Å². The number of nitrogens with two attached hydrogens (primary N) is 1. The van der Waals surface area contributed by atoms with Gasteiger partial charge in [-0.3, -0.25) is 9.59 Å². The van der Waals surface area contributed by atoms with Gasteiger partial charge < -0.3 is 15.5 Å². The van der Waals surface area contributed by atoms with Crippen LogP contribution in [0.15, 0.2) is 37.9 Å². The Kier molecular flexibility index (Phi) is 4.84. The summed E-state index contributed by atoms with van der Waals surface area (Å²) in [6.45, 7) is 2.16. The van der Waals surface area contributed by atoms with Crippen LogP contribution in [0.3, 0.4) is 0 Å². The predicted molar refractivity (Wildman–Crippen MR) is 112 cm³/mol. The maximum atomic E-state index is 12.8. The van der Waals surface area contributed by atoms with Crippen molar-refractivity contribution in [3.05, 3.63) is 60.7 Å². The molecule has 144 valence electrons. The Bertz CT molecular complexity index is 1180. The summed E-state index contributed by atoms with van der Waals surface area (Å²) in [4.78, 5) is 38.2. The van der Waals surface area contributed by atoms with Gasteiger partial charge in [-0.05, 0) is 55.0 Å². The zero-order chi connectivity index (χ0) is 20.0. The van der Waals surface area contributed by atoms with Crippen molar-refractivity contribution in [2.45, 2.75) is 26.2 Å². The monoisotopic (exact) mass is 460 g/mol. The van der Waals surface area contributed by atoms with Crippen LogP contribution in [0.4, 0.5) is 5.00 Å². The molecule has 0 saturated heterocycles. The fourth-order valence-electron chi connectivity index (χ4n) is 3.52. The van der Waals surface area contributed by atoms with Crippen molar-refractivity contribution in [1.29, 1.82) is 0 Å². The number of fused-ring (bicyclic) bond motifs is 2. The molecule has 1 atom stereocenters. The van der Waals surface area contributed by atoms with E-state index in [1.54, 1.807) is 18.2 Å². The molecule has 0 aliphatic heterocycles. The molecule has 1 aliphatic rings. The normalized spacial score (nSPS) is 16.0. The van der Waals surface area contributed by atoms with E-state index < -0.39 is 17.4 Å². The molecule has 1 aliphatic carbocycles. The largest absolute Gasteiger partial charge is 0.422 e. The Hall–Kier alpha value is -2.45. The highest BCUT2D eigenvalue weighted by Crippen LogP contribution is 2.39. The summed E-state index contributed by atoms with van der Waals surface area (Å²) in [5.41, 5.74) is 6.39. The zero-order valence-corrected chi connectivity index (χ0v) is 17.4. The summed E-state index contributed by atoms with van der Waals surface area (Å²) in [5, 5.41) is 3.72. The van der Waals surface area contributed by atoms with Crippen LogP contribution in [0.2, 0.25) is 0 Å². The minimum absolute atomic E-state index is 0.124. The second-order valence-corrected chi connectivity index (χ2v) is 9.02. The van der Waals surface area contributed by atoms with Gasteiger partial charge in [-0.25, -0.2) is 4.79 Å². The van der Waals surface area contributed by atoms with Gasteiger partial charge in [0.1, 0.15) is 16.1 Å². The zero-order valence-electron chi connectivity index (χ0n) is 15.0. The van der Waals surface area contributed by atoms with Crippen molar-refractivity contribution in [2.24, 2.45) is 11.7 Å². The van der Waals surface area contributed by atoms with E-state index in [1.165, 1.54) is 17.4 Å². The Morgan fingerprint density at radius 2 is 2.11 bits per heavy atom. The topological polar surface area (TPSA) is 102 Å². The molecule has 1 unspecified atom stereocenters. The second-order valence-electron chi connectivity index (χ2n) is 7.00. The lowest BCUT2D eigenvalue weighted by Gasteiger charge is -2.18. The lowest BCUT2D eigenvalue weighted by molar-refractivity contribution is 0.1000. The van der Waals surface area contributed by atoms with Crippen LogP contribution < -0.4 is 16.7 Å². The lowest BCUT2D eigenvalue weighted by atomic mass is 9.88. The van der Waals surface area contributed by atoms with E-state index in [-0.39, 0.29) is 5.56 Å². The number of primary amides is 1. The van der Waals surface area contributed by atoms with Crippen LogP contribution in [0.1, 0.15) is 44.5 Å². The highest BCUT2D eigenvalue weighted by Gasteiger charge is 2.28. The quantitative estimate of drug-likeness (QED) is 0.574. The summed E-state index contributed by atoms with van der Waals surface area (Å²) in [7, 11) is 0. The molecule has 0 spiro atoms. The van der Waals surface area contributed by atoms with Crippen molar-refractivity contribution in [3.8, 4) is 0 Å². The summed E-state index contributed by atoms with van der Waals surface area (Å²) in [6.07, 6.45) is 2.58. The molecule has 3 N–H and O–H groups in total. The number of carbonyl (C=O) groups excluding carboxylic acids is 2. The average Bonchev–Trinajstić information content (AvgIpc) is 2.98. The molecule has 28 heavy (non-hydrogen) atoms. The van der Waals surface area contributed by atoms with E-state index in [0.29, 0.717) is 27.5 Å². The van der Waals surface area contributed by atoms with Crippen molar-refractivity contribution in [3.63, 3.8) is 0 Å². The van der Waals surface area contributed by atoms with Crippen LogP contribution >= 0.6 is 27.3 Å². The van der Waals surface area contributed by atoms with Crippen molar-refractivity contribution in [1.82, 2.24) is 0 Å². The van der Waals surface area contributed by atoms with E-state index in [1.807, 2.05) is 0 Å². The molecular weight excluding hydrogens is 444 g/mol. The average molecular weight is 461 g/mol. The summed E-state index contributed by atoms with van der Waals surface area (Å²) < 4.78 is 6.06. The number of rotatable bonds is 3. The second kappa shape index (κ2) is 7.18. The van der Waals surface area contributed by atoms with Crippen LogP contribution in [-0.4, -0.2) is 11.8 Å². The molecule has 1 aromatic carbocycles. The van der Waals surface area contributed by atoms with Gasteiger partial charge in [0, 0.05) is 14.7 Å². The number of halogens is 1. The predicted octanol–water partition coefficient (Wildman–Crippen LogP) is 4.09. The molecular formula is C20H17BrN2O4S. The number of anilines is 1. The van der Waals surface area contributed by atoms with Crippen molar-refractivity contribution in [2.75, 3.05) is 5.32 Å². The molecule has 0 radical (unpaired) electrons. The smallest absolute Gasteiger partial charge is 0.349 e. The molecule has 6 nitrogen and oxygen atoms in total. The van der Waals surface area contributed by atoms with Crippen LogP contribution in [-0.2, 0) is 12.8 Å². The first-order valence-electron chi connectivity index (χ1n) is 8.82. The van der Waals surface area contributed by atoms with Gasteiger partial charge in [0.15, 0.2) is 0 Å². The van der Waals surface area contributed by atoms with Crippen LogP contribution in [0.25, 0.3) is 11.0 Å². The van der Waals surface area contributed by atoms with E-state index >= 15 is 0 Å². The van der Waals surface area contributed by atoms with Gasteiger partial charge in [0.05, 0.1) is 5.56 Å². The molecule has 2 aromatic heterocycles. The highest BCUT2D eigenvalue weighted by atomic mass is 79.9. The molecule has 0 saturated carbocycles. The first-order valence-corrected chi connectivity index (χ1v) is 10.4. The standard InChI is InChI=1S/C20H17BrN2O4S/c1-9-2-4-12-15(6-9)28-19(16(12)17(22)24)23-18(25)13-8-10-7-11(21)3-5-14(10)27-20(13)26/h3,5,7-9H,2,4,6H2,1H3,(H2,22,24)(H,23,25). The van der Waals surface area contributed by atoms with Crippen LogP contribution in [0.5, 0.6) is 0 Å². The molecule has 2 heterocycles. The first-order chi connectivity index (χ1) is 13.3. The van der Waals surface area contributed by atoms with Crippen LogP contribution in [0, 0.1) is 5.92 Å². The maximum absolute atomic E-state index is 12.8. The van der Waals surface area contributed by atoms with Gasteiger partial charge in [0.2, 0.25) is 0 Å². The first kappa shape index (κ1) is 18.9. The number of carbonyl (C=O) groups is 2. The van der Waals surface area contributed by atoms with Crippen molar-refractivity contribution >= 4 is 55.1 Å². The molecule has 3 aromatic rings. The third-order valence-electron chi connectivity index (χ3n) is 4.92. The molecule has 2 amide bonds. The Labute approximate surface area is 172 Å². The molecule has 8 heteroatoms. The van der Waals surface area contributed by atoms with Gasteiger partial charge in [0.25, 0.3) is 11.8 Å². The van der Waals surface area contributed by atoms with E-state index in [2.05, 4.69) is 28.2 Å². The third-order valence-corrected chi connectivity index (χ3v) is 6.59. The SMILES string of the molecule is CC1CCc2c(sc(NC(=O)c3cc4cc(Br)ccc4oc3=O)c2C(N)=O)C1. The molecule has 4 rings (SSSR count). The Balaban J connectivity index is 1.73. The number of benzene rings is 1. The summed E-state index contributed by atoms with van der Waals surface area (Å²) >= 11 is 4.72. The fraction of sp³-hybridized carbons (Fsp3) is 0.250. The minimum Gasteiger partial charge on any atom is -0.422 e.